The highest BCUT2D eigenvalue weighted by Gasteiger charge is 2.40. The largest absolute Gasteiger partial charge is 0.480 e. The van der Waals surface area contributed by atoms with Crippen LogP contribution in [0.3, 0.4) is 0 Å². The molecule has 2 unspecified atom stereocenters. The molecule has 0 spiro atoms. The SMILES string of the molecule is CC1SCC(C(=O)O)N1C(=O)NC1CCC1. The van der Waals surface area contributed by atoms with Crippen LogP contribution in [0.5, 0.6) is 0 Å². The van der Waals surface area contributed by atoms with Gasteiger partial charge in [-0.25, -0.2) is 9.59 Å². The van der Waals surface area contributed by atoms with Gasteiger partial charge in [-0.05, 0) is 26.2 Å². The first kappa shape index (κ1) is 11.6. The number of amides is 2. The fraction of sp³-hybridized carbons (Fsp3) is 0.800. The predicted molar refractivity (Wildman–Crippen MR) is 61.4 cm³/mol. The van der Waals surface area contributed by atoms with Crippen LogP contribution in [0.2, 0.25) is 0 Å². The van der Waals surface area contributed by atoms with E-state index in [2.05, 4.69) is 5.32 Å². The predicted octanol–water partition coefficient (Wildman–Crippen LogP) is 1.10. The van der Waals surface area contributed by atoms with Gasteiger partial charge in [0.1, 0.15) is 6.04 Å². The van der Waals surface area contributed by atoms with Crippen molar-refractivity contribution < 1.29 is 14.7 Å². The van der Waals surface area contributed by atoms with Crippen molar-refractivity contribution in [2.75, 3.05) is 5.75 Å². The minimum Gasteiger partial charge on any atom is -0.480 e. The third-order valence-electron chi connectivity index (χ3n) is 3.18. The molecule has 1 heterocycles. The van der Waals surface area contributed by atoms with E-state index in [-0.39, 0.29) is 17.4 Å². The Bertz CT molecular complexity index is 306. The third kappa shape index (κ3) is 2.11. The number of carboxylic acid groups (broad SMARTS) is 1. The quantitative estimate of drug-likeness (QED) is 0.763. The highest BCUT2D eigenvalue weighted by atomic mass is 32.2. The summed E-state index contributed by atoms with van der Waals surface area (Å²) in [5.74, 6) is -0.435. The van der Waals surface area contributed by atoms with Crippen LogP contribution in [-0.2, 0) is 4.79 Å². The van der Waals surface area contributed by atoms with E-state index in [1.165, 1.54) is 16.7 Å². The number of urea groups is 1. The van der Waals surface area contributed by atoms with Gasteiger partial charge < -0.3 is 10.4 Å². The maximum absolute atomic E-state index is 11.9. The highest BCUT2D eigenvalue weighted by molar-refractivity contribution is 8.00. The Labute approximate surface area is 98.6 Å². The molecule has 0 aromatic heterocycles. The molecular weight excluding hydrogens is 228 g/mol. The van der Waals surface area contributed by atoms with Crippen molar-refractivity contribution in [2.45, 2.75) is 43.6 Å². The van der Waals surface area contributed by atoms with Gasteiger partial charge in [0, 0.05) is 11.8 Å². The second-order valence-corrected chi connectivity index (χ2v) is 5.62. The van der Waals surface area contributed by atoms with E-state index in [1.807, 2.05) is 6.92 Å². The summed E-state index contributed by atoms with van der Waals surface area (Å²) < 4.78 is 0. The number of hydrogen-bond donors (Lipinski definition) is 2. The van der Waals surface area contributed by atoms with Gasteiger partial charge in [0.2, 0.25) is 0 Å². The Morgan fingerprint density at radius 1 is 1.44 bits per heavy atom. The van der Waals surface area contributed by atoms with Gasteiger partial charge in [-0.2, -0.15) is 0 Å². The second kappa shape index (κ2) is 4.53. The van der Waals surface area contributed by atoms with Crippen LogP contribution in [0.25, 0.3) is 0 Å². The zero-order valence-corrected chi connectivity index (χ0v) is 10.00. The van der Waals surface area contributed by atoms with Gasteiger partial charge in [0.05, 0.1) is 5.37 Å². The minimum atomic E-state index is -0.916. The molecule has 90 valence electrons. The summed E-state index contributed by atoms with van der Waals surface area (Å²) >= 11 is 1.51. The molecule has 2 fully saturated rings. The topological polar surface area (TPSA) is 69.6 Å². The van der Waals surface area contributed by atoms with Crippen LogP contribution in [0.1, 0.15) is 26.2 Å². The monoisotopic (exact) mass is 244 g/mol. The zero-order valence-electron chi connectivity index (χ0n) is 9.18. The number of rotatable bonds is 2. The Kier molecular flexibility index (Phi) is 3.28. The smallest absolute Gasteiger partial charge is 0.327 e. The maximum atomic E-state index is 11.9. The minimum absolute atomic E-state index is 0.0545. The number of nitrogens with zero attached hydrogens (tertiary/aromatic N) is 1. The van der Waals surface area contributed by atoms with E-state index in [0.717, 1.165) is 19.3 Å². The molecule has 1 saturated carbocycles. The summed E-state index contributed by atoms with van der Waals surface area (Å²) in [6.45, 7) is 1.87. The summed E-state index contributed by atoms with van der Waals surface area (Å²) in [6, 6.07) is -0.658. The summed E-state index contributed by atoms with van der Waals surface area (Å²) in [7, 11) is 0. The van der Waals surface area contributed by atoms with Crippen molar-refractivity contribution in [1.29, 1.82) is 0 Å². The first-order chi connectivity index (χ1) is 7.59. The van der Waals surface area contributed by atoms with Gasteiger partial charge in [-0.3, -0.25) is 4.90 Å². The molecule has 6 heteroatoms. The molecule has 2 rings (SSSR count). The maximum Gasteiger partial charge on any atom is 0.327 e. The normalized spacial score (nSPS) is 29.9. The van der Waals surface area contributed by atoms with Crippen LogP contribution in [0, 0.1) is 0 Å². The molecule has 2 atom stereocenters. The lowest BCUT2D eigenvalue weighted by molar-refractivity contribution is -0.141. The molecule has 1 aliphatic carbocycles. The average molecular weight is 244 g/mol. The van der Waals surface area contributed by atoms with Crippen LogP contribution < -0.4 is 5.32 Å². The fourth-order valence-corrected chi connectivity index (χ4v) is 3.11. The van der Waals surface area contributed by atoms with E-state index >= 15 is 0 Å². The molecule has 16 heavy (non-hydrogen) atoms. The molecule has 0 bridgehead atoms. The second-order valence-electron chi connectivity index (χ2n) is 4.27. The van der Waals surface area contributed by atoms with Gasteiger partial charge in [-0.1, -0.05) is 0 Å². The summed E-state index contributed by atoms with van der Waals surface area (Å²) in [4.78, 5) is 24.4. The zero-order chi connectivity index (χ0) is 11.7. The van der Waals surface area contributed by atoms with Gasteiger partial charge in [0.25, 0.3) is 0 Å². The molecule has 1 saturated heterocycles. The number of nitrogens with one attached hydrogen (secondary N) is 1. The molecular formula is C10H16N2O3S. The van der Waals surface area contributed by atoms with Crippen molar-refractivity contribution in [3.05, 3.63) is 0 Å². The van der Waals surface area contributed by atoms with Crippen molar-refractivity contribution in [1.82, 2.24) is 10.2 Å². The Balaban J connectivity index is 1.98. The molecule has 0 aromatic rings. The molecule has 2 aliphatic rings. The first-order valence-electron chi connectivity index (χ1n) is 5.53. The molecule has 0 radical (unpaired) electrons. The van der Waals surface area contributed by atoms with E-state index in [9.17, 15) is 9.59 Å². The molecule has 2 N–H and O–H groups in total. The Morgan fingerprint density at radius 3 is 2.62 bits per heavy atom. The van der Waals surface area contributed by atoms with Gasteiger partial charge >= 0.3 is 12.0 Å². The summed E-state index contributed by atoms with van der Waals surface area (Å²) in [5, 5.41) is 11.9. The first-order valence-corrected chi connectivity index (χ1v) is 6.57. The Morgan fingerprint density at radius 2 is 2.12 bits per heavy atom. The van der Waals surface area contributed by atoms with Crippen molar-refractivity contribution in [2.24, 2.45) is 0 Å². The number of carboxylic acids is 1. The van der Waals surface area contributed by atoms with Crippen molar-refractivity contribution in [3.8, 4) is 0 Å². The number of carbonyl (C=O) groups is 2. The van der Waals surface area contributed by atoms with E-state index in [1.54, 1.807) is 0 Å². The van der Waals surface area contributed by atoms with Crippen molar-refractivity contribution in [3.63, 3.8) is 0 Å². The lowest BCUT2D eigenvalue weighted by atomic mass is 9.93. The number of thioether (sulfide) groups is 1. The van der Waals surface area contributed by atoms with Crippen molar-refractivity contribution >= 4 is 23.8 Å². The fourth-order valence-electron chi connectivity index (χ4n) is 1.94. The average Bonchev–Trinajstić information content (AvgIpc) is 2.53. The third-order valence-corrected chi connectivity index (χ3v) is 4.39. The van der Waals surface area contributed by atoms with Gasteiger partial charge in [0.15, 0.2) is 0 Å². The van der Waals surface area contributed by atoms with E-state index in [0.29, 0.717) is 5.75 Å². The Hall–Kier alpha value is -0.910. The summed E-state index contributed by atoms with van der Waals surface area (Å²) in [6.07, 6.45) is 3.18. The number of aliphatic carboxylic acids is 1. The molecule has 1 aliphatic heterocycles. The van der Waals surface area contributed by atoms with E-state index in [4.69, 9.17) is 5.11 Å². The van der Waals surface area contributed by atoms with Crippen LogP contribution in [-0.4, -0.2) is 45.2 Å². The number of hydrogen-bond acceptors (Lipinski definition) is 3. The van der Waals surface area contributed by atoms with Crippen LogP contribution >= 0.6 is 11.8 Å². The van der Waals surface area contributed by atoms with E-state index < -0.39 is 12.0 Å². The van der Waals surface area contributed by atoms with Crippen LogP contribution in [0.4, 0.5) is 4.79 Å². The standard InChI is InChI=1S/C10H16N2O3S/c1-6-12(8(5-16-6)9(13)14)10(15)11-7-3-2-4-7/h6-8H,2-5H2,1H3,(H,11,15)(H,13,14). The highest BCUT2D eigenvalue weighted by Crippen LogP contribution is 2.29. The number of carbonyl (C=O) groups excluding carboxylic acids is 1. The van der Waals surface area contributed by atoms with Crippen LogP contribution in [0.15, 0.2) is 0 Å². The molecule has 0 aromatic carbocycles. The molecule has 2 amide bonds. The molecule has 5 nitrogen and oxygen atoms in total. The lowest BCUT2D eigenvalue weighted by Gasteiger charge is -2.31. The lowest BCUT2D eigenvalue weighted by Crippen LogP contribution is -2.53. The van der Waals surface area contributed by atoms with Gasteiger partial charge in [-0.15, -0.1) is 11.8 Å². The summed E-state index contributed by atoms with van der Waals surface area (Å²) in [5.41, 5.74) is 0.